The molecule has 0 aromatic heterocycles. The van der Waals surface area contributed by atoms with Crippen LogP contribution < -0.4 is 15.4 Å². The van der Waals surface area contributed by atoms with Gasteiger partial charge < -0.3 is 15.4 Å². The summed E-state index contributed by atoms with van der Waals surface area (Å²) in [5, 5.41) is 6.40. The lowest BCUT2D eigenvalue weighted by Crippen LogP contribution is -2.37. The van der Waals surface area contributed by atoms with E-state index in [1.807, 2.05) is 13.0 Å². The minimum atomic E-state index is -2.83. The van der Waals surface area contributed by atoms with Crippen molar-refractivity contribution >= 4 is 29.9 Å². The molecular formula is C18H26F2IN3O. The zero-order chi connectivity index (χ0) is 17.4. The van der Waals surface area contributed by atoms with Gasteiger partial charge in [-0.25, -0.2) is 0 Å². The Bertz CT molecular complexity index is 606. The Kier molecular flexibility index (Phi) is 9.77. The van der Waals surface area contributed by atoms with E-state index in [0.717, 1.165) is 18.5 Å². The van der Waals surface area contributed by atoms with Crippen LogP contribution in [-0.4, -0.2) is 26.2 Å². The van der Waals surface area contributed by atoms with Crippen LogP contribution in [0.15, 0.2) is 34.8 Å². The number of hydrogen-bond donors (Lipinski definition) is 2. The van der Waals surface area contributed by atoms with Crippen molar-refractivity contribution in [2.24, 2.45) is 4.99 Å². The predicted octanol–water partition coefficient (Wildman–Crippen LogP) is 4.38. The number of aliphatic imine (C=N–C) groups is 1. The van der Waals surface area contributed by atoms with Crippen molar-refractivity contribution in [2.45, 2.75) is 45.8 Å². The van der Waals surface area contributed by atoms with Crippen LogP contribution in [0.5, 0.6) is 5.75 Å². The van der Waals surface area contributed by atoms with Crippen LogP contribution in [0.1, 0.15) is 36.8 Å². The lowest BCUT2D eigenvalue weighted by atomic mass is 10.1. The van der Waals surface area contributed by atoms with Crippen LogP contribution in [0.3, 0.4) is 0 Å². The first-order chi connectivity index (χ1) is 11.6. The molecule has 1 aromatic rings. The summed E-state index contributed by atoms with van der Waals surface area (Å²) >= 11 is 0. The fraction of sp³-hybridized carbons (Fsp3) is 0.500. The second kappa shape index (κ2) is 11.3. The van der Waals surface area contributed by atoms with E-state index in [4.69, 9.17) is 0 Å². The molecule has 7 heteroatoms. The number of aryl methyl sites for hydroxylation is 1. The highest BCUT2D eigenvalue weighted by Gasteiger charge is 2.11. The number of hydrogen-bond acceptors (Lipinski definition) is 2. The smallest absolute Gasteiger partial charge is 0.387 e. The minimum absolute atomic E-state index is 0. The van der Waals surface area contributed by atoms with E-state index in [-0.39, 0.29) is 29.7 Å². The Balaban J connectivity index is 0.00000312. The van der Waals surface area contributed by atoms with Crippen LogP contribution in [0.2, 0.25) is 0 Å². The number of allylic oxidation sites excluding steroid dienone is 1. The molecule has 0 atom stereocenters. The molecule has 0 aliphatic heterocycles. The van der Waals surface area contributed by atoms with E-state index < -0.39 is 6.61 Å². The summed E-state index contributed by atoms with van der Waals surface area (Å²) in [6.07, 6.45) is 6.93. The quantitative estimate of drug-likeness (QED) is 0.272. The Morgan fingerprint density at radius 3 is 2.76 bits per heavy atom. The molecule has 0 saturated carbocycles. The van der Waals surface area contributed by atoms with E-state index in [1.54, 1.807) is 19.2 Å². The van der Waals surface area contributed by atoms with Gasteiger partial charge in [0.05, 0.1) is 0 Å². The molecule has 2 rings (SSSR count). The number of guanidine groups is 1. The van der Waals surface area contributed by atoms with Gasteiger partial charge in [0.1, 0.15) is 5.75 Å². The third-order valence-corrected chi connectivity index (χ3v) is 3.98. The number of nitrogens with one attached hydrogen (secondary N) is 2. The number of rotatable bonds is 7. The van der Waals surface area contributed by atoms with E-state index in [0.29, 0.717) is 18.1 Å². The number of nitrogens with zero attached hydrogens (tertiary/aromatic N) is 1. The Hall–Kier alpha value is -1.38. The molecule has 140 valence electrons. The van der Waals surface area contributed by atoms with Crippen LogP contribution in [0.4, 0.5) is 8.78 Å². The van der Waals surface area contributed by atoms with E-state index in [9.17, 15) is 8.78 Å². The zero-order valence-corrected chi connectivity index (χ0v) is 17.0. The average molecular weight is 465 g/mol. The lowest BCUT2D eigenvalue weighted by Gasteiger charge is -2.15. The molecule has 1 aliphatic rings. The highest BCUT2D eigenvalue weighted by atomic mass is 127. The molecular weight excluding hydrogens is 439 g/mol. The standard InChI is InChI=1S/C18H25F2N3O.HI/c1-13-7-8-16(24-17(19)20)15(11-13)12-23-18(21-2)22-10-9-14-5-3-4-6-14;/h5,7-8,11,17H,3-4,6,9-10,12H2,1-2H3,(H2,21,22,23);1H. The van der Waals surface area contributed by atoms with Crippen molar-refractivity contribution in [3.63, 3.8) is 0 Å². The Labute approximate surface area is 165 Å². The normalized spacial score (nSPS) is 14.1. The van der Waals surface area contributed by atoms with Crippen LogP contribution in [0.25, 0.3) is 0 Å². The topological polar surface area (TPSA) is 45.7 Å². The molecule has 1 aliphatic carbocycles. The van der Waals surface area contributed by atoms with E-state index in [1.165, 1.54) is 24.8 Å². The Morgan fingerprint density at radius 2 is 2.12 bits per heavy atom. The fourth-order valence-electron chi connectivity index (χ4n) is 2.76. The third kappa shape index (κ3) is 7.58. The molecule has 4 nitrogen and oxygen atoms in total. The maximum atomic E-state index is 12.5. The third-order valence-electron chi connectivity index (χ3n) is 3.98. The first-order valence-corrected chi connectivity index (χ1v) is 8.25. The molecule has 2 N–H and O–H groups in total. The van der Waals surface area contributed by atoms with Crippen LogP contribution in [0, 0.1) is 6.92 Å². The van der Waals surface area contributed by atoms with Gasteiger partial charge in [0, 0.05) is 25.7 Å². The zero-order valence-electron chi connectivity index (χ0n) is 14.6. The second-order valence-electron chi connectivity index (χ2n) is 5.85. The fourth-order valence-corrected chi connectivity index (χ4v) is 2.76. The minimum Gasteiger partial charge on any atom is -0.434 e. The summed E-state index contributed by atoms with van der Waals surface area (Å²) in [5.41, 5.74) is 3.16. The molecule has 1 aromatic carbocycles. The van der Waals surface area contributed by atoms with Crippen molar-refractivity contribution in [1.29, 1.82) is 0 Å². The summed E-state index contributed by atoms with van der Waals surface area (Å²) in [7, 11) is 1.69. The van der Waals surface area contributed by atoms with Crippen molar-refractivity contribution < 1.29 is 13.5 Å². The SMILES string of the molecule is CN=C(NCCC1=CCCC1)NCc1cc(C)ccc1OC(F)F.I. The molecule has 0 heterocycles. The predicted molar refractivity (Wildman–Crippen MR) is 108 cm³/mol. The summed E-state index contributed by atoms with van der Waals surface area (Å²) in [6.45, 7) is 0.257. The highest BCUT2D eigenvalue weighted by molar-refractivity contribution is 14.0. The average Bonchev–Trinajstić information content (AvgIpc) is 3.06. The number of alkyl halides is 2. The van der Waals surface area contributed by atoms with Gasteiger partial charge in [-0.05, 0) is 38.7 Å². The first-order valence-electron chi connectivity index (χ1n) is 8.25. The van der Waals surface area contributed by atoms with Crippen molar-refractivity contribution in [3.05, 3.63) is 41.0 Å². The van der Waals surface area contributed by atoms with E-state index in [2.05, 4.69) is 26.4 Å². The van der Waals surface area contributed by atoms with Crippen molar-refractivity contribution in [1.82, 2.24) is 10.6 Å². The number of halogens is 3. The lowest BCUT2D eigenvalue weighted by molar-refractivity contribution is -0.0504. The summed E-state index contributed by atoms with van der Waals surface area (Å²) in [6, 6.07) is 5.16. The van der Waals surface area contributed by atoms with Gasteiger partial charge in [-0.15, -0.1) is 24.0 Å². The van der Waals surface area contributed by atoms with Gasteiger partial charge in [-0.3, -0.25) is 4.99 Å². The summed E-state index contributed by atoms with van der Waals surface area (Å²) in [4.78, 5) is 4.17. The maximum absolute atomic E-state index is 12.5. The maximum Gasteiger partial charge on any atom is 0.387 e. The largest absolute Gasteiger partial charge is 0.434 e. The van der Waals surface area contributed by atoms with Crippen molar-refractivity contribution in [3.8, 4) is 5.75 Å². The Morgan fingerprint density at radius 1 is 1.32 bits per heavy atom. The summed E-state index contributed by atoms with van der Waals surface area (Å²) < 4.78 is 29.6. The molecule has 0 saturated heterocycles. The first kappa shape index (κ1) is 21.7. The van der Waals surface area contributed by atoms with Crippen LogP contribution >= 0.6 is 24.0 Å². The van der Waals surface area contributed by atoms with E-state index >= 15 is 0 Å². The molecule has 0 amide bonds. The molecule has 0 fully saturated rings. The number of ether oxygens (including phenoxy) is 1. The molecule has 0 spiro atoms. The van der Waals surface area contributed by atoms with Gasteiger partial charge >= 0.3 is 6.61 Å². The molecule has 25 heavy (non-hydrogen) atoms. The van der Waals surface area contributed by atoms with Gasteiger partial charge in [-0.1, -0.05) is 29.3 Å². The van der Waals surface area contributed by atoms with Crippen molar-refractivity contribution in [2.75, 3.05) is 13.6 Å². The highest BCUT2D eigenvalue weighted by Crippen LogP contribution is 2.22. The molecule has 0 radical (unpaired) electrons. The van der Waals surface area contributed by atoms with Gasteiger partial charge in [-0.2, -0.15) is 8.78 Å². The second-order valence-corrected chi connectivity index (χ2v) is 5.85. The van der Waals surface area contributed by atoms with Gasteiger partial charge in [0.15, 0.2) is 5.96 Å². The monoisotopic (exact) mass is 465 g/mol. The molecule has 0 bridgehead atoms. The van der Waals surface area contributed by atoms with Gasteiger partial charge in [0.2, 0.25) is 0 Å². The van der Waals surface area contributed by atoms with Gasteiger partial charge in [0.25, 0.3) is 0 Å². The van der Waals surface area contributed by atoms with Crippen LogP contribution in [-0.2, 0) is 6.54 Å². The molecule has 0 unspecified atom stereocenters. The summed E-state index contributed by atoms with van der Waals surface area (Å²) in [5.74, 6) is 0.841. The number of benzene rings is 1.